The van der Waals surface area contributed by atoms with Crippen LogP contribution in [0.1, 0.15) is 30.8 Å². The van der Waals surface area contributed by atoms with Crippen molar-refractivity contribution in [3.05, 3.63) is 41.7 Å². The fraction of sp³-hybridized carbons (Fsp3) is 0.438. The molecule has 1 fully saturated rings. The van der Waals surface area contributed by atoms with Gasteiger partial charge in [0.25, 0.3) is 5.89 Å². The molecule has 0 bridgehead atoms. The predicted molar refractivity (Wildman–Crippen MR) is 90.4 cm³/mol. The summed E-state index contributed by atoms with van der Waals surface area (Å²) < 4.78 is 37.1. The van der Waals surface area contributed by atoms with E-state index in [9.17, 15) is 13.5 Å². The summed E-state index contributed by atoms with van der Waals surface area (Å²) in [4.78, 5) is 4.14. The average molecular weight is 378 g/mol. The standard InChI is InChI=1S/C16H18N4O5S/c1-2-14-17-15(25-19-14)16(21)7-8-20(10-16)26(22,23)9-12-11-5-3-4-6-13(11)24-18-12/h3-6,21H,2,7-10H2,1H3/t16-/m0/s1. The Labute approximate surface area is 149 Å². The summed E-state index contributed by atoms with van der Waals surface area (Å²) in [6, 6.07) is 7.09. The minimum absolute atomic E-state index is 0.0546. The highest BCUT2D eigenvalue weighted by Gasteiger charge is 2.46. The fourth-order valence-corrected chi connectivity index (χ4v) is 4.58. The molecule has 1 N–H and O–H groups in total. The summed E-state index contributed by atoms with van der Waals surface area (Å²) in [5.74, 6) is 0.229. The summed E-state index contributed by atoms with van der Waals surface area (Å²) in [5, 5.41) is 19.1. The van der Waals surface area contributed by atoms with Crippen LogP contribution in [-0.4, -0.2) is 46.2 Å². The number of aromatic nitrogens is 3. The van der Waals surface area contributed by atoms with Gasteiger partial charge in [-0.25, -0.2) is 8.42 Å². The van der Waals surface area contributed by atoms with Crippen molar-refractivity contribution in [2.45, 2.75) is 31.1 Å². The summed E-state index contributed by atoms with van der Waals surface area (Å²) >= 11 is 0. The minimum Gasteiger partial charge on any atom is -0.379 e. The maximum absolute atomic E-state index is 12.8. The number of hydrogen-bond donors (Lipinski definition) is 1. The van der Waals surface area contributed by atoms with Gasteiger partial charge in [0.1, 0.15) is 11.4 Å². The van der Waals surface area contributed by atoms with E-state index in [1.165, 1.54) is 4.31 Å². The molecule has 3 aromatic rings. The van der Waals surface area contributed by atoms with Crippen molar-refractivity contribution in [1.29, 1.82) is 0 Å². The Balaban J connectivity index is 1.55. The van der Waals surface area contributed by atoms with E-state index in [4.69, 9.17) is 9.05 Å². The van der Waals surface area contributed by atoms with Crippen molar-refractivity contribution >= 4 is 21.0 Å². The lowest BCUT2D eigenvalue weighted by molar-refractivity contribution is 0.0194. The maximum Gasteiger partial charge on any atom is 0.260 e. The Bertz CT molecular complexity index is 1040. The van der Waals surface area contributed by atoms with Gasteiger partial charge in [-0.2, -0.15) is 9.29 Å². The normalized spacial score (nSPS) is 21.6. The molecule has 26 heavy (non-hydrogen) atoms. The zero-order valence-electron chi connectivity index (χ0n) is 14.1. The number of aliphatic hydroxyl groups is 1. The number of fused-ring (bicyclic) bond motifs is 1. The molecule has 0 radical (unpaired) electrons. The zero-order chi connectivity index (χ0) is 18.4. The first-order valence-electron chi connectivity index (χ1n) is 8.28. The van der Waals surface area contributed by atoms with E-state index in [1.807, 2.05) is 6.92 Å². The third kappa shape index (κ3) is 2.89. The van der Waals surface area contributed by atoms with Crippen molar-refractivity contribution in [3.8, 4) is 0 Å². The smallest absolute Gasteiger partial charge is 0.260 e. The first-order chi connectivity index (χ1) is 12.4. The molecule has 138 valence electrons. The van der Waals surface area contributed by atoms with Crippen molar-refractivity contribution in [2.24, 2.45) is 0 Å². The van der Waals surface area contributed by atoms with Crippen LogP contribution < -0.4 is 0 Å². The van der Waals surface area contributed by atoms with Crippen LogP contribution in [0.3, 0.4) is 0 Å². The highest BCUT2D eigenvalue weighted by Crippen LogP contribution is 2.33. The summed E-state index contributed by atoms with van der Waals surface area (Å²) in [6.07, 6.45) is 0.762. The van der Waals surface area contributed by atoms with Crippen LogP contribution in [0.5, 0.6) is 0 Å². The van der Waals surface area contributed by atoms with Gasteiger partial charge >= 0.3 is 0 Å². The third-order valence-electron chi connectivity index (χ3n) is 4.56. The second kappa shape index (κ2) is 6.15. The average Bonchev–Trinajstić information content (AvgIpc) is 3.34. The van der Waals surface area contributed by atoms with Crippen molar-refractivity contribution in [2.75, 3.05) is 13.1 Å². The van der Waals surface area contributed by atoms with Gasteiger partial charge in [0.05, 0.1) is 6.54 Å². The number of hydrogen-bond acceptors (Lipinski definition) is 8. The molecule has 3 heterocycles. The number of nitrogens with zero attached hydrogens (tertiary/aromatic N) is 4. The lowest BCUT2D eigenvalue weighted by Gasteiger charge is -2.19. The number of β-amino-alcohol motifs (C(OH)–C–C–N with tert-alkyl or cyclic N) is 1. The molecule has 0 unspecified atom stereocenters. The second-order valence-corrected chi connectivity index (χ2v) is 8.34. The molecule has 9 nitrogen and oxygen atoms in total. The van der Waals surface area contributed by atoms with Gasteiger partial charge in [-0.05, 0) is 12.1 Å². The highest BCUT2D eigenvalue weighted by atomic mass is 32.2. The number of rotatable bonds is 5. The van der Waals surface area contributed by atoms with Crippen LogP contribution in [0, 0.1) is 0 Å². The van der Waals surface area contributed by atoms with Crippen LogP contribution in [0.4, 0.5) is 0 Å². The van der Waals surface area contributed by atoms with Gasteiger partial charge in [-0.3, -0.25) is 0 Å². The molecule has 10 heteroatoms. The summed E-state index contributed by atoms with van der Waals surface area (Å²) in [5.41, 5.74) is -0.588. The van der Waals surface area contributed by atoms with Crippen LogP contribution in [0.25, 0.3) is 11.0 Å². The Morgan fingerprint density at radius 1 is 1.27 bits per heavy atom. The topological polar surface area (TPSA) is 123 Å². The number of aryl methyl sites for hydroxylation is 1. The van der Waals surface area contributed by atoms with Crippen molar-refractivity contribution in [1.82, 2.24) is 19.6 Å². The molecule has 0 spiro atoms. The molecule has 1 aliphatic heterocycles. The Hall–Kier alpha value is -2.30. The van der Waals surface area contributed by atoms with Gasteiger partial charge in [-0.15, -0.1) is 0 Å². The predicted octanol–water partition coefficient (Wildman–Crippen LogP) is 1.20. The molecule has 0 saturated carbocycles. The van der Waals surface area contributed by atoms with Gasteiger partial charge in [-0.1, -0.05) is 29.4 Å². The summed E-state index contributed by atoms with van der Waals surface area (Å²) in [7, 11) is -3.69. The van der Waals surface area contributed by atoms with Crippen molar-refractivity contribution < 1.29 is 22.6 Å². The quantitative estimate of drug-likeness (QED) is 0.702. The molecule has 2 aromatic heterocycles. The van der Waals surface area contributed by atoms with Crippen molar-refractivity contribution in [3.63, 3.8) is 0 Å². The molecule has 1 atom stereocenters. The largest absolute Gasteiger partial charge is 0.379 e. The molecular formula is C16H18N4O5S. The van der Waals surface area contributed by atoms with Gasteiger partial charge in [0.2, 0.25) is 10.0 Å². The van der Waals surface area contributed by atoms with Crippen LogP contribution in [-0.2, 0) is 27.8 Å². The molecule has 4 rings (SSSR count). The first-order valence-corrected chi connectivity index (χ1v) is 9.89. The van der Waals surface area contributed by atoms with Crippen LogP contribution >= 0.6 is 0 Å². The van der Waals surface area contributed by atoms with Gasteiger partial charge in [0.15, 0.2) is 17.0 Å². The van der Waals surface area contributed by atoms with Gasteiger partial charge in [0, 0.05) is 24.8 Å². The number of sulfonamides is 1. The van der Waals surface area contributed by atoms with E-state index >= 15 is 0 Å². The second-order valence-electron chi connectivity index (χ2n) is 6.37. The third-order valence-corrected chi connectivity index (χ3v) is 6.30. The maximum atomic E-state index is 12.8. The van der Waals surface area contributed by atoms with E-state index in [1.54, 1.807) is 24.3 Å². The first kappa shape index (κ1) is 17.1. The number of para-hydroxylation sites is 1. The minimum atomic E-state index is -3.69. The highest BCUT2D eigenvalue weighted by molar-refractivity contribution is 7.88. The Morgan fingerprint density at radius 2 is 2.08 bits per heavy atom. The zero-order valence-corrected chi connectivity index (χ0v) is 14.9. The van der Waals surface area contributed by atoms with E-state index in [2.05, 4.69) is 15.3 Å². The molecule has 1 aliphatic rings. The molecule has 0 amide bonds. The van der Waals surface area contributed by atoms with E-state index in [-0.39, 0.29) is 31.2 Å². The SMILES string of the molecule is CCc1noc([C@]2(O)CCN(S(=O)(=O)Cc3noc4ccccc34)C2)n1. The lowest BCUT2D eigenvalue weighted by atomic mass is 10.0. The van der Waals surface area contributed by atoms with E-state index in [0.29, 0.717) is 28.9 Å². The van der Waals surface area contributed by atoms with E-state index < -0.39 is 15.6 Å². The van der Waals surface area contributed by atoms with Crippen LogP contribution in [0.15, 0.2) is 33.3 Å². The molecule has 1 saturated heterocycles. The Kier molecular flexibility index (Phi) is 4.05. The van der Waals surface area contributed by atoms with Gasteiger partial charge < -0.3 is 14.2 Å². The number of benzene rings is 1. The molecular weight excluding hydrogens is 360 g/mol. The Morgan fingerprint density at radius 3 is 2.85 bits per heavy atom. The fourth-order valence-electron chi connectivity index (χ4n) is 3.06. The lowest BCUT2D eigenvalue weighted by Crippen LogP contribution is -2.35. The summed E-state index contributed by atoms with van der Waals surface area (Å²) in [6.45, 7) is 1.90. The van der Waals surface area contributed by atoms with Crippen LogP contribution in [0.2, 0.25) is 0 Å². The van der Waals surface area contributed by atoms with E-state index in [0.717, 1.165) is 0 Å². The molecule has 0 aliphatic carbocycles. The monoisotopic (exact) mass is 378 g/mol. The molecule has 1 aromatic carbocycles.